The normalized spacial score (nSPS) is 22.9. The van der Waals surface area contributed by atoms with Crippen LogP contribution in [0.5, 0.6) is 0 Å². The summed E-state index contributed by atoms with van der Waals surface area (Å²) in [6.45, 7) is 4.89. The Labute approximate surface area is 130 Å². The zero-order chi connectivity index (χ0) is 14.1. The predicted octanol–water partition coefficient (Wildman–Crippen LogP) is 2.77. The molecule has 1 saturated heterocycles. The Balaban J connectivity index is 1.73. The Kier molecular flexibility index (Phi) is 4.53. The zero-order valence-electron chi connectivity index (χ0n) is 11.6. The molecule has 0 radical (unpaired) electrons. The van der Waals surface area contributed by atoms with Crippen molar-refractivity contribution in [3.05, 3.63) is 33.8 Å². The lowest BCUT2D eigenvalue weighted by Gasteiger charge is -2.39. The van der Waals surface area contributed by atoms with E-state index in [0.29, 0.717) is 6.54 Å². The van der Waals surface area contributed by atoms with E-state index in [2.05, 4.69) is 9.80 Å². The summed E-state index contributed by atoms with van der Waals surface area (Å²) in [5.41, 5.74) is 6.99. The fourth-order valence-corrected chi connectivity index (χ4v) is 3.78. The molecule has 0 bridgehead atoms. The van der Waals surface area contributed by atoms with Crippen molar-refractivity contribution in [1.82, 2.24) is 9.80 Å². The van der Waals surface area contributed by atoms with Crippen molar-refractivity contribution < 1.29 is 0 Å². The van der Waals surface area contributed by atoms with E-state index in [9.17, 15) is 0 Å². The molecule has 5 heteroatoms. The number of benzene rings is 1. The van der Waals surface area contributed by atoms with Crippen molar-refractivity contribution in [2.45, 2.75) is 24.9 Å². The molecular formula is C15H21Cl2N3. The van der Waals surface area contributed by atoms with Gasteiger partial charge in [0.25, 0.3) is 0 Å². The molecule has 1 aromatic rings. The van der Waals surface area contributed by atoms with E-state index in [-0.39, 0.29) is 6.04 Å². The average Bonchev–Trinajstić information content (AvgIpc) is 3.28. The molecule has 0 spiro atoms. The van der Waals surface area contributed by atoms with Gasteiger partial charge in [0.15, 0.2) is 0 Å². The molecule has 110 valence electrons. The second-order valence-electron chi connectivity index (χ2n) is 5.69. The van der Waals surface area contributed by atoms with Gasteiger partial charge < -0.3 is 5.73 Å². The van der Waals surface area contributed by atoms with Crippen LogP contribution in [-0.4, -0.2) is 48.6 Å². The van der Waals surface area contributed by atoms with Crippen LogP contribution < -0.4 is 5.73 Å². The molecule has 1 aliphatic carbocycles. The maximum absolute atomic E-state index is 6.33. The van der Waals surface area contributed by atoms with Gasteiger partial charge in [-0.2, -0.15) is 0 Å². The molecule has 1 atom stereocenters. The van der Waals surface area contributed by atoms with Gasteiger partial charge in [-0.15, -0.1) is 0 Å². The summed E-state index contributed by atoms with van der Waals surface area (Å²) in [5.74, 6) is 0. The molecule has 1 heterocycles. The number of piperazine rings is 1. The third kappa shape index (κ3) is 2.97. The minimum absolute atomic E-state index is 0.123. The summed E-state index contributed by atoms with van der Waals surface area (Å²) in [7, 11) is 0. The summed E-state index contributed by atoms with van der Waals surface area (Å²) in [6, 6.07) is 6.64. The Hall–Kier alpha value is -0.320. The lowest BCUT2D eigenvalue weighted by Crippen LogP contribution is -2.49. The molecule has 2 fully saturated rings. The van der Waals surface area contributed by atoms with Crippen molar-refractivity contribution in [3.8, 4) is 0 Å². The number of hydrogen-bond acceptors (Lipinski definition) is 3. The maximum Gasteiger partial charge on any atom is 0.0501 e. The van der Waals surface area contributed by atoms with Crippen molar-refractivity contribution in [2.75, 3.05) is 32.7 Å². The second kappa shape index (κ2) is 6.20. The molecule has 0 amide bonds. The highest BCUT2D eigenvalue weighted by Crippen LogP contribution is 2.34. The van der Waals surface area contributed by atoms with Crippen LogP contribution in [0.3, 0.4) is 0 Å². The van der Waals surface area contributed by atoms with Crippen molar-refractivity contribution >= 4 is 23.2 Å². The van der Waals surface area contributed by atoms with Gasteiger partial charge in [-0.05, 0) is 25.0 Å². The highest BCUT2D eigenvalue weighted by molar-refractivity contribution is 6.36. The average molecular weight is 314 g/mol. The summed E-state index contributed by atoms with van der Waals surface area (Å²) in [5, 5.41) is 1.44. The van der Waals surface area contributed by atoms with Gasteiger partial charge in [-0.25, -0.2) is 0 Å². The zero-order valence-corrected chi connectivity index (χ0v) is 13.1. The van der Waals surface area contributed by atoms with Crippen molar-refractivity contribution in [3.63, 3.8) is 0 Å². The maximum atomic E-state index is 6.33. The quantitative estimate of drug-likeness (QED) is 0.927. The van der Waals surface area contributed by atoms with Crippen LogP contribution in [0.2, 0.25) is 10.0 Å². The van der Waals surface area contributed by atoms with Gasteiger partial charge in [0.1, 0.15) is 0 Å². The molecule has 1 saturated carbocycles. The van der Waals surface area contributed by atoms with E-state index >= 15 is 0 Å². The predicted molar refractivity (Wildman–Crippen MR) is 84.4 cm³/mol. The van der Waals surface area contributed by atoms with E-state index in [4.69, 9.17) is 28.9 Å². The van der Waals surface area contributed by atoms with E-state index in [0.717, 1.165) is 47.8 Å². The summed E-state index contributed by atoms with van der Waals surface area (Å²) in [4.78, 5) is 5.02. The number of nitrogens with zero attached hydrogens (tertiary/aromatic N) is 2. The number of rotatable bonds is 4. The van der Waals surface area contributed by atoms with Crippen LogP contribution in [0.1, 0.15) is 24.4 Å². The first-order valence-corrected chi connectivity index (χ1v) is 8.08. The Morgan fingerprint density at radius 2 is 1.70 bits per heavy atom. The molecule has 2 N–H and O–H groups in total. The van der Waals surface area contributed by atoms with Gasteiger partial charge >= 0.3 is 0 Å². The Bertz CT molecular complexity index is 448. The third-order valence-electron chi connectivity index (χ3n) is 4.41. The highest BCUT2D eigenvalue weighted by Gasteiger charge is 2.33. The number of nitrogens with two attached hydrogens (primary N) is 1. The lowest BCUT2D eigenvalue weighted by atomic mass is 10.0. The molecule has 1 aromatic carbocycles. The molecule has 1 aliphatic heterocycles. The fourth-order valence-electron chi connectivity index (χ4n) is 3.13. The van der Waals surface area contributed by atoms with E-state index in [1.165, 1.54) is 12.8 Å². The lowest BCUT2D eigenvalue weighted by molar-refractivity contribution is 0.0939. The smallest absolute Gasteiger partial charge is 0.0501 e. The molecule has 20 heavy (non-hydrogen) atoms. The summed E-state index contributed by atoms with van der Waals surface area (Å²) < 4.78 is 0. The van der Waals surface area contributed by atoms with Gasteiger partial charge in [-0.1, -0.05) is 29.3 Å². The van der Waals surface area contributed by atoms with E-state index in [1.807, 2.05) is 18.2 Å². The summed E-state index contributed by atoms with van der Waals surface area (Å²) >= 11 is 12.7. The largest absolute Gasteiger partial charge is 0.329 e. The first-order chi connectivity index (χ1) is 9.70. The van der Waals surface area contributed by atoms with Crippen LogP contribution in [0.15, 0.2) is 18.2 Å². The van der Waals surface area contributed by atoms with Gasteiger partial charge in [-0.3, -0.25) is 9.80 Å². The highest BCUT2D eigenvalue weighted by atomic mass is 35.5. The Morgan fingerprint density at radius 3 is 2.20 bits per heavy atom. The standard InChI is InChI=1S/C15H21Cl2N3/c16-12-2-1-3-13(17)15(12)14(10-18)20-8-6-19(7-9-20)11-4-5-11/h1-3,11,14H,4-10,18H2. The minimum Gasteiger partial charge on any atom is -0.329 e. The second-order valence-corrected chi connectivity index (χ2v) is 6.50. The SMILES string of the molecule is NCC(c1c(Cl)cccc1Cl)N1CCN(C2CC2)CC1. The Morgan fingerprint density at radius 1 is 1.10 bits per heavy atom. The topological polar surface area (TPSA) is 32.5 Å². The van der Waals surface area contributed by atoms with Crippen molar-refractivity contribution in [1.29, 1.82) is 0 Å². The molecule has 3 rings (SSSR count). The minimum atomic E-state index is 0.123. The van der Waals surface area contributed by atoms with Gasteiger partial charge in [0, 0.05) is 54.4 Å². The van der Waals surface area contributed by atoms with Crippen LogP contribution in [0.4, 0.5) is 0 Å². The monoisotopic (exact) mass is 313 g/mol. The summed E-state index contributed by atoms with van der Waals surface area (Å²) in [6.07, 6.45) is 2.74. The molecule has 1 unspecified atom stereocenters. The number of halogens is 2. The number of hydrogen-bond donors (Lipinski definition) is 1. The van der Waals surface area contributed by atoms with Crippen LogP contribution in [-0.2, 0) is 0 Å². The molecular weight excluding hydrogens is 293 g/mol. The van der Waals surface area contributed by atoms with Crippen LogP contribution in [0.25, 0.3) is 0 Å². The van der Waals surface area contributed by atoms with E-state index < -0.39 is 0 Å². The molecule has 0 aromatic heterocycles. The van der Waals surface area contributed by atoms with E-state index in [1.54, 1.807) is 0 Å². The molecule has 3 nitrogen and oxygen atoms in total. The van der Waals surface area contributed by atoms with Gasteiger partial charge in [0.05, 0.1) is 6.04 Å². The third-order valence-corrected chi connectivity index (χ3v) is 5.07. The first kappa shape index (κ1) is 14.6. The first-order valence-electron chi connectivity index (χ1n) is 7.32. The van der Waals surface area contributed by atoms with Crippen LogP contribution >= 0.6 is 23.2 Å². The fraction of sp³-hybridized carbons (Fsp3) is 0.600. The van der Waals surface area contributed by atoms with Crippen LogP contribution in [0, 0.1) is 0 Å². The molecule has 2 aliphatic rings. The van der Waals surface area contributed by atoms with Gasteiger partial charge in [0.2, 0.25) is 0 Å². The van der Waals surface area contributed by atoms with Crippen molar-refractivity contribution in [2.24, 2.45) is 5.73 Å².